The molecule has 0 amide bonds. The Balaban J connectivity index is 1.44. The SMILES string of the molecule is CC1(C)OB(c2cc3c4oc(-c5ccccc5)c(-c5ccccc5)c4c4cc(B5OC(C)(C)C(C)(C)O5)sc4c3s2)OC1(C)C. The van der Waals surface area contributed by atoms with Gasteiger partial charge in [0.2, 0.25) is 0 Å². The Labute approximate surface area is 272 Å². The number of fused-ring (bicyclic) bond motifs is 6. The summed E-state index contributed by atoms with van der Waals surface area (Å²) in [5, 5.41) is 3.30. The highest BCUT2D eigenvalue weighted by atomic mass is 32.1. The summed E-state index contributed by atoms with van der Waals surface area (Å²) in [4.78, 5) is 0. The van der Waals surface area contributed by atoms with E-state index in [0.29, 0.717) is 0 Å². The summed E-state index contributed by atoms with van der Waals surface area (Å²) < 4.78 is 37.6. The molecule has 45 heavy (non-hydrogen) atoms. The molecular weight excluding hydrogens is 598 g/mol. The first-order chi connectivity index (χ1) is 21.3. The van der Waals surface area contributed by atoms with Crippen molar-refractivity contribution in [2.75, 3.05) is 0 Å². The molecule has 0 saturated carbocycles. The molecule has 0 unspecified atom stereocenters. The van der Waals surface area contributed by atoms with Crippen molar-refractivity contribution in [3.8, 4) is 22.5 Å². The predicted octanol–water partition coefficient (Wildman–Crippen LogP) is 8.79. The Kier molecular flexibility index (Phi) is 6.42. The normalized spacial score (nSPS) is 20.3. The second kappa shape index (κ2) is 9.80. The van der Waals surface area contributed by atoms with Crippen molar-refractivity contribution >= 4 is 77.6 Å². The van der Waals surface area contributed by atoms with Gasteiger partial charge in [-0.05, 0) is 73.1 Å². The molecule has 228 valence electrons. The summed E-state index contributed by atoms with van der Waals surface area (Å²) >= 11 is 3.46. The zero-order valence-corrected chi connectivity index (χ0v) is 28.6. The first-order valence-electron chi connectivity index (χ1n) is 15.5. The van der Waals surface area contributed by atoms with Crippen molar-refractivity contribution in [1.29, 1.82) is 0 Å². The molecule has 0 N–H and O–H groups in total. The molecule has 0 spiro atoms. The molecule has 3 aromatic carbocycles. The molecule has 0 aliphatic carbocycles. The van der Waals surface area contributed by atoms with Crippen LogP contribution in [0.3, 0.4) is 0 Å². The van der Waals surface area contributed by atoms with Gasteiger partial charge >= 0.3 is 14.2 Å². The fourth-order valence-electron chi connectivity index (χ4n) is 6.21. The Hall–Kier alpha value is -2.91. The van der Waals surface area contributed by atoms with Crippen LogP contribution in [0.25, 0.3) is 53.6 Å². The van der Waals surface area contributed by atoms with Crippen LogP contribution in [-0.2, 0) is 18.6 Å². The quantitative estimate of drug-likeness (QED) is 0.182. The van der Waals surface area contributed by atoms with E-state index >= 15 is 0 Å². The summed E-state index contributed by atoms with van der Waals surface area (Å²) in [6.07, 6.45) is 0. The number of thiophene rings is 2. The van der Waals surface area contributed by atoms with Crippen molar-refractivity contribution < 1.29 is 23.0 Å². The lowest BCUT2D eigenvalue weighted by molar-refractivity contribution is 0.00578. The van der Waals surface area contributed by atoms with Crippen LogP contribution in [0.15, 0.2) is 77.2 Å². The highest BCUT2D eigenvalue weighted by molar-refractivity contribution is 7.35. The fourth-order valence-corrected chi connectivity index (χ4v) is 8.61. The molecular formula is C36H36B2O5S2. The second-order valence-corrected chi connectivity index (χ2v) is 16.4. The van der Waals surface area contributed by atoms with Crippen molar-refractivity contribution in [2.45, 2.75) is 77.8 Å². The van der Waals surface area contributed by atoms with Gasteiger partial charge in [0, 0.05) is 36.8 Å². The molecule has 9 heteroatoms. The summed E-state index contributed by atoms with van der Waals surface area (Å²) in [7, 11) is -0.919. The van der Waals surface area contributed by atoms with E-state index in [1.165, 1.54) is 4.70 Å². The van der Waals surface area contributed by atoms with Crippen molar-refractivity contribution in [2.24, 2.45) is 0 Å². The summed E-state index contributed by atoms with van der Waals surface area (Å²) in [6, 6.07) is 25.4. The molecule has 0 bridgehead atoms. The zero-order valence-electron chi connectivity index (χ0n) is 26.9. The lowest BCUT2D eigenvalue weighted by atomic mass is 9.86. The predicted molar refractivity (Wildman–Crippen MR) is 189 cm³/mol. The van der Waals surface area contributed by atoms with Crippen molar-refractivity contribution in [1.82, 2.24) is 0 Å². The number of hydrogen-bond acceptors (Lipinski definition) is 7. The molecule has 5 heterocycles. The van der Waals surface area contributed by atoms with Crippen LogP contribution < -0.4 is 9.55 Å². The number of benzene rings is 3. The Morgan fingerprint density at radius 1 is 0.533 bits per heavy atom. The Bertz CT molecular complexity index is 2060. The molecule has 2 aliphatic heterocycles. The Morgan fingerprint density at radius 2 is 0.956 bits per heavy atom. The molecule has 2 saturated heterocycles. The van der Waals surface area contributed by atoms with E-state index in [1.807, 2.05) is 6.07 Å². The Morgan fingerprint density at radius 3 is 1.44 bits per heavy atom. The van der Waals surface area contributed by atoms with Crippen molar-refractivity contribution in [3.63, 3.8) is 0 Å². The number of furan rings is 1. The van der Waals surface area contributed by atoms with Gasteiger partial charge in [-0.3, -0.25) is 0 Å². The topological polar surface area (TPSA) is 50.1 Å². The third-order valence-corrected chi connectivity index (χ3v) is 12.7. The van der Waals surface area contributed by atoms with E-state index in [0.717, 1.165) is 58.4 Å². The third-order valence-electron chi connectivity index (χ3n) is 10.2. The monoisotopic (exact) mass is 634 g/mol. The van der Waals surface area contributed by atoms with E-state index in [4.69, 9.17) is 23.0 Å². The van der Waals surface area contributed by atoms with Crippen LogP contribution in [0.1, 0.15) is 55.4 Å². The summed E-state index contributed by atoms with van der Waals surface area (Å²) in [6.45, 7) is 16.8. The molecule has 0 atom stereocenters. The van der Waals surface area contributed by atoms with Crippen LogP contribution in [0.4, 0.5) is 0 Å². The first kappa shape index (κ1) is 29.5. The second-order valence-electron chi connectivity index (χ2n) is 14.2. The van der Waals surface area contributed by atoms with Crippen LogP contribution >= 0.6 is 22.7 Å². The van der Waals surface area contributed by atoms with E-state index < -0.39 is 36.6 Å². The minimum Gasteiger partial charge on any atom is -0.455 e. The minimum absolute atomic E-state index is 0.434. The van der Waals surface area contributed by atoms with Gasteiger partial charge in [0.15, 0.2) is 0 Å². The minimum atomic E-state index is -0.461. The highest BCUT2D eigenvalue weighted by Crippen LogP contribution is 2.50. The third kappa shape index (κ3) is 4.43. The maximum atomic E-state index is 6.99. The molecule has 8 rings (SSSR count). The van der Waals surface area contributed by atoms with Crippen molar-refractivity contribution in [3.05, 3.63) is 72.8 Å². The molecule has 2 aliphatic rings. The number of hydrogen-bond donors (Lipinski definition) is 0. The van der Waals surface area contributed by atoms with Gasteiger partial charge < -0.3 is 23.0 Å². The van der Waals surface area contributed by atoms with Crippen LogP contribution in [0.2, 0.25) is 0 Å². The maximum absolute atomic E-state index is 6.99. The van der Waals surface area contributed by atoms with Gasteiger partial charge in [0.05, 0.1) is 31.8 Å². The van der Waals surface area contributed by atoms with Crippen LogP contribution in [-0.4, -0.2) is 36.6 Å². The molecule has 6 aromatic rings. The molecule has 2 fully saturated rings. The average molecular weight is 634 g/mol. The first-order valence-corrected chi connectivity index (χ1v) is 17.2. The van der Waals surface area contributed by atoms with Gasteiger partial charge in [-0.2, -0.15) is 0 Å². The smallest absolute Gasteiger partial charge is 0.455 e. The highest BCUT2D eigenvalue weighted by Gasteiger charge is 2.53. The van der Waals surface area contributed by atoms with E-state index in [2.05, 4.69) is 122 Å². The number of rotatable bonds is 4. The zero-order chi connectivity index (χ0) is 31.5. The van der Waals surface area contributed by atoms with Gasteiger partial charge in [0.1, 0.15) is 11.3 Å². The fraction of sp³-hybridized carbons (Fsp3) is 0.333. The van der Waals surface area contributed by atoms with Gasteiger partial charge in [0.25, 0.3) is 0 Å². The van der Waals surface area contributed by atoms with Gasteiger partial charge in [-0.1, -0.05) is 60.7 Å². The molecule has 0 radical (unpaired) electrons. The van der Waals surface area contributed by atoms with Gasteiger partial charge in [-0.15, -0.1) is 22.7 Å². The summed E-state index contributed by atoms with van der Waals surface area (Å²) in [5.41, 5.74) is 2.37. The largest absolute Gasteiger partial charge is 0.505 e. The van der Waals surface area contributed by atoms with Crippen LogP contribution in [0.5, 0.6) is 0 Å². The maximum Gasteiger partial charge on any atom is 0.505 e. The van der Waals surface area contributed by atoms with E-state index in [1.54, 1.807) is 22.7 Å². The standard InChI is InChI=1S/C36H36B2O5S2/c1-33(2)34(3,4)41-37(40-33)25-19-23-28-27(21-15-11-9-12-16-21)29(22-17-13-10-14-18-22)39-30(28)24-20-26(45-32(24)31(23)44-25)38-42-35(5,6)36(7,8)43-38/h9-20H,1-8H3. The molecule has 3 aromatic heterocycles. The lowest BCUT2D eigenvalue weighted by Gasteiger charge is -2.32. The average Bonchev–Trinajstić information content (AvgIpc) is 3.77. The lowest BCUT2D eigenvalue weighted by Crippen LogP contribution is -2.41. The molecule has 5 nitrogen and oxygen atoms in total. The van der Waals surface area contributed by atoms with Gasteiger partial charge in [-0.25, -0.2) is 0 Å². The van der Waals surface area contributed by atoms with Crippen LogP contribution in [0, 0.1) is 0 Å². The van der Waals surface area contributed by atoms with E-state index in [-0.39, 0.29) is 0 Å². The van der Waals surface area contributed by atoms with E-state index in [9.17, 15) is 0 Å². The summed E-state index contributed by atoms with van der Waals surface area (Å²) in [5.74, 6) is 0.859.